The Hall–Kier alpha value is -1.53. The molecule has 1 heterocycles. The van der Waals surface area contributed by atoms with Crippen molar-refractivity contribution in [3.8, 4) is 5.88 Å². The number of pyridine rings is 1. The first-order valence-electron chi connectivity index (χ1n) is 7.40. The molecule has 25 heavy (non-hydrogen) atoms. The van der Waals surface area contributed by atoms with Crippen LogP contribution in [0.2, 0.25) is 5.02 Å². The number of carbonyl (C=O) groups is 1. The van der Waals surface area contributed by atoms with Gasteiger partial charge in [0, 0.05) is 18.3 Å². The van der Waals surface area contributed by atoms with Crippen molar-refractivity contribution in [2.75, 3.05) is 13.2 Å². The van der Waals surface area contributed by atoms with Gasteiger partial charge in [-0.1, -0.05) is 48.9 Å². The molecule has 0 aliphatic heterocycles. The summed E-state index contributed by atoms with van der Waals surface area (Å²) < 4.78 is 5.42. The third-order valence-electron chi connectivity index (χ3n) is 3.49. The van der Waals surface area contributed by atoms with E-state index >= 15 is 0 Å². The highest BCUT2D eigenvalue weighted by Gasteiger charge is 2.21. The molecule has 1 aromatic carbocycles. The second-order valence-electron chi connectivity index (χ2n) is 5.18. The van der Waals surface area contributed by atoms with Crippen molar-refractivity contribution in [2.24, 2.45) is 11.7 Å². The maximum Gasteiger partial charge on any atom is 0.224 e. The van der Waals surface area contributed by atoms with Crippen molar-refractivity contribution < 1.29 is 9.53 Å². The summed E-state index contributed by atoms with van der Waals surface area (Å²) >= 11 is 5.74. The molecule has 8 heteroatoms. The number of rotatable bonds is 7. The van der Waals surface area contributed by atoms with Crippen LogP contribution < -0.4 is 15.8 Å². The first-order valence-corrected chi connectivity index (χ1v) is 7.78. The monoisotopic (exact) mass is 405 g/mol. The van der Waals surface area contributed by atoms with E-state index in [0.29, 0.717) is 24.1 Å². The summed E-state index contributed by atoms with van der Waals surface area (Å²) in [5, 5.41) is 3.37. The number of nitrogens with zero attached hydrogens (tertiary/aromatic N) is 1. The van der Waals surface area contributed by atoms with Crippen molar-refractivity contribution in [1.29, 1.82) is 0 Å². The van der Waals surface area contributed by atoms with Crippen LogP contribution in [0, 0.1) is 5.92 Å². The lowest BCUT2D eigenvalue weighted by molar-refractivity contribution is -0.125. The molecule has 5 nitrogen and oxygen atoms in total. The Bertz CT molecular complexity index is 627. The quantitative estimate of drug-likeness (QED) is 0.691. The normalized spacial score (nSPS) is 12.1. The zero-order valence-electron chi connectivity index (χ0n) is 13.7. The third kappa shape index (κ3) is 7.48. The summed E-state index contributed by atoms with van der Waals surface area (Å²) in [4.78, 5) is 16.1. The molecular weight excluding hydrogens is 385 g/mol. The average Bonchev–Trinajstić information content (AvgIpc) is 2.59. The standard InChI is InChI=1S/C17H20ClN3O2.2ClH/c1-12(16(19)13-5-3-2-4-6-13)17(22)20-9-10-23-15-8-7-14(18)11-21-15;;/h2-8,11-12,16H,9-10,19H2,1H3,(H,20,22);2*1H. The highest BCUT2D eigenvalue weighted by molar-refractivity contribution is 6.30. The lowest BCUT2D eigenvalue weighted by Crippen LogP contribution is -2.37. The summed E-state index contributed by atoms with van der Waals surface area (Å²) in [6.07, 6.45) is 1.51. The van der Waals surface area contributed by atoms with E-state index < -0.39 is 0 Å². The minimum Gasteiger partial charge on any atom is -0.476 e. The molecule has 0 saturated carbocycles. The molecule has 2 rings (SSSR count). The lowest BCUT2D eigenvalue weighted by Gasteiger charge is -2.19. The minimum absolute atomic E-state index is 0. The van der Waals surface area contributed by atoms with Crippen LogP contribution >= 0.6 is 36.4 Å². The molecule has 138 valence electrons. The van der Waals surface area contributed by atoms with Gasteiger partial charge in [0.15, 0.2) is 0 Å². The number of amides is 1. The first kappa shape index (κ1) is 23.5. The molecule has 2 aromatic rings. The van der Waals surface area contributed by atoms with Gasteiger partial charge in [-0.3, -0.25) is 4.79 Å². The van der Waals surface area contributed by atoms with Crippen molar-refractivity contribution in [1.82, 2.24) is 10.3 Å². The maximum atomic E-state index is 12.1. The second-order valence-corrected chi connectivity index (χ2v) is 5.62. The number of nitrogens with two attached hydrogens (primary N) is 1. The summed E-state index contributed by atoms with van der Waals surface area (Å²) in [6, 6.07) is 12.6. The summed E-state index contributed by atoms with van der Waals surface area (Å²) in [6.45, 7) is 2.53. The summed E-state index contributed by atoms with van der Waals surface area (Å²) in [5.74, 6) is 0.0396. The molecule has 2 atom stereocenters. The van der Waals surface area contributed by atoms with E-state index in [1.54, 1.807) is 12.1 Å². The van der Waals surface area contributed by atoms with Crippen LogP contribution in [0.1, 0.15) is 18.5 Å². The molecule has 0 spiro atoms. The molecule has 0 aliphatic carbocycles. The van der Waals surface area contributed by atoms with Crippen LogP contribution in [0.3, 0.4) is 0 Å². The Morgan fingerprint density at radius 1 is 1.24 bits per heavy atom. The Kier molecular flexibility index (Phi) is 11.2. The maximum absolute atomic E-state index is 12.1. The van der Waals surface area contributed by atoms with E-state index in [0.717, 1.165) is 5.56 Å². The van der Waals surface area contributed by atoms with Crippen LogP contribution in [0.25, 0.3) is 0 Å². The molecule has 0 radical (unpaired) electrons. The lowest BCUT2D eigenvalue weighted by atomic mass is 9.95. The van der Waals surface area contributed by atoms with Crippen LogP contribution in [-0.2, 0) is 4.79 Å². The van der Waals surface area contributed by atoms with Gasteiger partial charge in [0.1, 0.15) is 6.61 Å². The number of carbonyl (C=O) groups excluding carboxylic acids is 1. The number of hydrogen-bond donors (Lipinski definition) is 2. The molecule has 0 bridgehead atoms. The van der Waals surface area contributed by atoms with Crippen LogP contribution in [0.5, 0.6) is 5.88 Å². The number of halogens is 3. The molecule has 3 N–H and O–H groups in total. The largest absolute Gasteiger partial charge is 0.476 e. The second kappa shape index (κ2) is 11.9. The van der Waals surface area contributed by atoms with Crippen molar-refractivity contribution in [3.63, 3.8) is 0 Å². The predicted molar refractivity (Wildman–Crippen MR) is 105 cm³/mol. The fraction of sp³-hybridized carbons (Fsp3) is 0.294. The summed E-state index contributed by atoms with van der Waals surface area (Å²) in [5.41, 5.74) is 7.08. The van der Waals surface area contributed by atoms with E-state index in [9.17, 15) is 4.79 Å². The molecule has 0 fully saturated rings. The van der Waals surface area contributed by atoms with E-state index in [2.05, 4.69) is 10.3 Å². The first-order chi connectivity index (χ1) is 11.1. The van der Waals surface area contributed by atoms with E-state index in [1.807, 2.05) is 37.3 Å². The van der Waals surface area contributed by atoms with E-state index in [4.69, 9.17) is 22.1 Å². The topological polar surface area (TPSA) is 77.2 Å². The van der Waals surface area contributed by atoms with E-state index in [-0.39, 0.29) is 42.7 Å². The van der Waals surface area contributed by atoms with Gasteiger partial charge >= 0.3 is 0 Å². The van der Waals surface area contributed by atoms with Crippen molar-refractivity contribution in [3.05, 3.63) is 59.2 Å². The Labute approximate surface area is 165 Å². The van der Waals surface area contributed by atoms with Gasteiger partial charge in [0.25, 0.3) is 0 Å². The Balaban J connectivity index is 0.00000288. The minimum atomic E-state index is -0.338. The fourth-order valence-electron chi connectivity index (χ4n) is 2.07. The average molecular weight is 407 g/mol. The zero-order chi connectivity index (χ0) is 16.7. The van der Waals surface area contributed by atoms with Gasteiger partial charge < -0.3 is 15.8 Å². The van der Waals surface area contributed by atoms with Gasteiger partial charge in [0.05, 0.1) is 17.5 Å². The van der Waals surface area contributed by atoms with Gasteiger partial charge in [-0.15, -0.1) is 24.8 Å². The molecule has 0 saturated heterocycles. The fourth-order valence-corrected chi connectivity index (χ4v) is 2.18. The highest BCUT2D eigenvalue weighted by Crippen LogP contribution is 2.18. The van der Waals surface area contributed by atoms with Crippen LogP contribution in [0.15, 0.2) is 48.7 Å². The smallest absolute Gasteiger partial charge is 0.224 e. The van der Waals surface area contributed by atoms with Crippen molar-refractivity contribution in [2.45, 2.75) is 13.0 Å². The van der Waals surface area contributed by atoms with Crippen molar-refractivity contribution >= 4 is 42.3 Å². The Morgan fingerprint density at radius 2 is 1.92 bits per heavy atom. The number of ether oxygens (including phenoxy) is 1. The molecule has 0 aliphatic rings. The summed E-state index contributed by atoms with van der Waals surface area (Å²) in [7, 11) is 0. The zero-order valence-corrected chi connectivity index (χ0v) is 16.1. The highest BCUT2D eigenvalue weighted by atomic mass is 35.5. The molecule has 1 amide bonds. The number of hydrogen-bond acceptors (Lipinski definition) is 4. The number of aromatic nitrogens is 1. The van der Waals surface area contributed by atoms with Gasteiger partial charge in [-0.05, 0) is 11.6 Å². The van der Waals surface area contributed by atoms with Crippen LogP contribution in [0.4, 0.5) is 0 Å². The van der Waals surface area contributed by atoms with E-state index in [1.165, 1.54) is 6.20 Å². The van der Waals surface area contributed by atoms with Gasteiger partial charge in [0.2, 0.25) is 11.8 Å². The number of nitrogens with one attached hydrogen (secondary N) is 1. The van der Waals surface area contributed by atoms with Crippen LogP contribution in [-0.4, -0.2) is 24.0 Å². The number of benzene rings is 1. The van der Waals surface area contributed by atoms with Gasteiger partial charge in [-0.2, -0.15) is 0 Å². The SMILES string of the molecule is CC(C(=O)NCCOc1ccc(Cl)cn1)C(N)c1ccccc1.Cl.Cl. The third-order valence-corrected chi connectivity index (χ3v) is 3.71. The van der Waals surface area contributed by atoms with Gasteiger partial charge in [-0.25, -0.2) is 4.98 Å². The molecule has 2 unspecified atom stereocenters. The molecule has 1 aromatic heterocycles. The predicted octanol–water partition coefficient (Wildman–Crippen LogP) is 3.41. The molecular formula is C17H22Cl3N3O2. The Morgan fingerprint density at radius 3 is 2.52 bits per heavy atom.